The predicted molar refractivity (Wildman–Crippen MR) is 113 cm³/mol. The molecule has 2 aromatic carbocycles. The number of aldehydes is 1. The van der Waals surface area contributed by atoms with E-state index in [4.69, 9.17) is 14.2 Å². The Balaban J connectivity index is 1.53. The van der Waals surface area contributed by atoms with E-state index in [2.05, 4.69) is 4.98 Å². The maximum absolute atomic E-state index is 13.4. The normalized spacial score (nSPS) is 17.9. The standard InChI is InChI=1S/C24H22N2O5/c1-29-22-8-3-2-6-20(22)23(28)26-14-19(31-24(26)21-7-4-5-13-25-21)16-30-18-11-9-17(15-27)10-12-18/h2-13,15,19,24H,14,16H2,1H3. The fraction of sp³-hybridized carbons (Fsp3) is 0.208. The summed E-state index contributed by atoms with van der Waals surface area (Å²) in [5.74, 6) is 0.922. The number of hydrogen-bond donors (Lipinski definition) is 0. The van der Waals surface area contributed by atoms with Crippen LogP contribution >= 0.6 is 0 Å². The molecule has 0 saturated carbocycles. The Morgan fingerprint density at radius 2 is 1.90 bits per heavy atom. The van der Waals surface area contributed by atoms with Crippen LogP contribution in [0.2, 0.25) is 0 Å². The first kappa shape index (κ1) is 20.6. The largest absolute Gasteiger partial charge is 0.496 e. The monoisotopic (exact) mass is 418 g/mol. The lowest BCUT2D eigenvalue weighted by molar-refractivity contribution is -0.0141. The first-order valence-corrected chi connectivity index (χ1v) is 9.88. The molecule has 1 aliphatic heterocycles. The average molecular weight is 418 g/mol. The van der Waals surface area contributed by atoms with Gasteiger partial charge >= 0.3 is 0 Å². The van der Waals surface area contributed by atoms with E-state index in [1.54, 1.807) is 53.6 Å². The highest BCUT2D eigenvalue weighted by Crippen LogP contribution is 2.32. The first-order chi connectivity index (χ1) is 15.2. The van der Waals surface area contributed by atoms with Gasteiger partial charge in [0.25, 0.3) is 5.91 Å². The number of hydrogen-bond acceptors (Lipinski definition) is 6. The number of pyridine rings is 1. The quantitative estimate of drug-likeness (QED) is 0.547. The number of ether oxygens (including phenoxy) is 3. The van der Waals surface area contributed by atoms with Crippen molar-refractivity contribution in [3.05, 3.63) is 89.7 Å². The number of para-hydroxylation sites is 1. The number of carbonyl (C=O) groups is 2. The molecule has 2 atom stereocenters. The van der Waals surface area contributed by atoms with E-state index in [1.807, 2.05) is 24.3 Å². The fourth-order valence-electron chi connectivity index (χ4n) is 3.45. The lowest BCUT2D eigenvalue weighted by Gasteiger charge is -2.23. The van der Waals surface area contributed by atoms with Crippen LogP contribution in [-0.2, 0) is 4.74 Å². The van der Waals surface area contributed by atoms with Gasteiger partial charge in [0, 0.05) is 11.8 Å². The van der Waals surface area contributed by atoms with Gasteiger partial charge in [0.05, 0.1) is 24.9 Å². The number of benzene rings is 2. The maximum atomic E-state index is 13.4. The highest BCUT2D eigenvalue weighted by molar-refractivity contribution is 5.97. The molecule has 0 N–H and O–H groups in total. The topological polar surface area (TPSA) is 78.0 Å². The molecule has 4 rings (SSSR count). The number of carbonyl (C=O) groups excluding carboxylic acids is 2. The van der Waals surface area contributed by atoms with Gasteiger partial charge in [-0.05, 0) is 48.5 Å². The van der Waals surface area contributed by atoms with Crippen LogP contribution < -0.4 is 9.47 Å². The van der Waals surface area contributed by atoms with Crippen LogP contribution in [0.15, 0.2) is 72.9 Å². The number of rotatable bonds is 7. The number of amides is 1. The number of methoxy groups -OCH3 is 1. The van der Waals surface area contributed by atoms with Gasteiger partial charge in [0.1, 0.15) is 30.5 Å². The van der Waals surface area contributed by atoms with Crippen LogP contribution in [0.5, 0.6) is 11.5 Å². The van der Waals surface area contributed by atoms with Gasteiger partial charge in [0.2, 0.25) is 0 Å². The third-order valence-corrected chi connectivity index (χ3v) is 5.00. The highest BCUT2D eigenvalue weighted by atomic mass is 16.6. The Morgan fingerprint density at radius 1 is 1.13 bits per heavy atom. The van der Waals surface area contributed by atoms with Crippen molar-refractivity contribution in [1.82, 2.24) is 9.88 Å². The summed E-state index contributed by atoms with van der Waals surface area (Å²) in [5, 5.41) is 0. The molecule has 2 unspecified atom stereocenters. The Bertz CT molecular complexity index is 1040. The summed E-state index contributed by atoms with van der Waals surface area (Å²) in [5.41, 5.74) is 1.68. The third-order valence-electron chi connectivity index (χ3n) is 5.00. The zero-order chi connectivity index (χ0) is 21.6. The Hall–Kier alpha value is -3.71. The molecule has 0 aliphatic carbocycles. The molecule has 31 heavy (non-hydrogen) atoms. The van der Waals surface area contributed by atoms with E-state index in [-0.39, 0.29) is 18.6 Å². The van der Waals surface area contributed by atoms with E-state index in [9.17, 15) is 9.59 Å². The van der Waals surface area contributed by atoms with E-state index < -0.39 is 6.23 Å². The molecular formula is C24H22N2O5. The highest BCUT2D eigenvalue weighted by Gasteiger charge is 2.39. The summed E-state index contributed by atoms with van der Waals surface area (Å²) >= 11 is 0. The Kier molecular flexibility index (Phi) is 6.24. The van der Waals surface area contributed by atoms with Crippen LogP contribution in [0.3, 0.4) is 0 Å². The minimum Gasteiger partial charge on any atom is -0.496 e. The minimum atomic E-state index is -0.635. The van der Waals surface area contributed by atoms with Crippen molar-refractivity contribution in [2.24, 2.45) is 0 Å². The van der Waals surface area contributed by atoms with Gasteiger partial charge in [-0.15, -0.1) is 0 Å². The second-order valence-electron chi connectivity index (χ2n) is 7.02. The molecule has 7 heteroatoms. The maximum Gasteiger partial charge on any atom is 0.260 e. The van der Waals surface area contributed by atoms with Crippen molar-refractivity contribution in [2.75, 3.05) is 20.3 Å². The summed E-state index contributed by atoms with van der Waals surface area (Å²) in [6.07, 6.45) is 1.46. The van der Waals surface area contributed by atoms with Gasteiger partial charge < -0.3 is 19.1 Å². The summed E-state index contributed by atoms with van der Waals surface area (Å²) in [4.78, 5) is 30.2. The summed E-state index contributed by atoms with van der Waals surface area (Å²) < 4.78 is 17.4. The summed E-state index contributed by atoms with van der Waals surface area (Å²) in [6.45, 7) is 0.587. The molecule has 2 heterocycles. The van der Waals surface area contributed by atoms with Crippen molar-refractivity contribution < 1.29 is 23.8 Å². The zero-order valence-corrected chi connectivity index (χ0v) is 17.0. The number of aromatic nitrogens is 1. The van der Waals surface area contributed by atoms with Gasteiger partial charge in [-0.2, -0.15) is 0 Å². The molecule has 0 spiro atoms. The zero-order valence-electron chi connectivity index (χ0n) is 17.0. The van der Waals surface area contributed by atoms with Crippen molar-refractivity contribution in [3.8, 4) is 11.5 Å². The SMILES string of the molecule is COc1ccccc1C(=O)N1CC(COc2ccc(C=O)cc2)OC1c1ccccn1. The van der Waals surface area contributed by atoms with Crippen molar-refractivity contribution in [3.63, 3.8) is 0 Å². The van der Waals surface area contributed by atoms with E-state index in [0.29, 0.717) is 34.9 Å². The van der Waals surface area contributed by atoms with Crippen molar-refractivity contribution in [1.29, 1.82) is 0 Å². The molecule has 1 aliphatic rings. The molecule has 1 saturated heterocycles. The fourth-order valence-corrected chi connectivity index (χ4v) is 3.45. The molecule has 1 amide bonds. The van der Waals surface area contributed by atoms with Crippen LogP contribution in [0, 0.1) is 0 Å². The lowest BCUT2D eigenvalue weighted by Crippen LogP contribution is -2.33. The molecular weight excluding hydrogens is 396 g/mol. The molecule has 158 valence electrons. The molecule has 0 bridgehead atoms. The second kappa shape index (κ2) is 9.40. The predicted octanol–water partition coefficient (Wildman–Crippen LogP) is 3.52. The van der Waals surface area contributed by atoms with Gasteiger partial charge in [0.15, 0.2) is 6.23 Å². The molecule has 7 nitrogen and oxygen atoms in total. The Morgan fingerprint density at radius 3 is 2.61 bits per heavy atom. The molecule has 1 fully saturated rings. The molecule has 1 aromatic heterocycles. The van der Waals surface area contributed by atoms with Crippen LogP contribution in [-0.4, -0.2) is 48.4 Å². The van der Waals surface area contributed by atoms with Gasteiger partial charge in [-0.1, -0.05) is 18.2 Å². The summed E-state index contributed by atoms with van der Waals surface area (Å²) in [6, 6.07) is 19.4. The smallest absolute Gasteiger partial charge is 0.260 e. The van der Waals surface area contributed by atoms with Gasteiger partial charge in [-0.25, -0.2) is 0 Å². The van der Waals surface area contributed by atoms with E-state index in [1.165, 1.54) is 7.11 Å². The third kappa shape index (κ3) is 4.57. The average Bonchev–Trinajstić information content (AvgIpc) is 3.27. The van der Waals surface area contributed by atoms with Crippen molar-refractivity contribution >= 4 is 12.2 Å². The van der Waals surface area contributed by atoms with Crippen molar-refractivity contribution in [2.45, 2.75) is 12.3 Å². The van der Waals surface area contributed by atoms with Gasteiger partial charge in [-0.3, -0.25) is 14.6 Å². The number of nitrogens with zero attached hydrogens (tertiary/aromatic N) is 2. The molecule has 3 aromatic rings. The lowest BCUT2D eigenvalue weighted by atomic mass is 10.1. The first-order valence-electron chi connectivity index (χ1n) is 9.88. The minimum absolute atomic E-state index is 0.203. The summed E-state index contributed by atoms with van der Waals surface area (Å²) in [7, 11) is 1.54. The molecule has 0 radical (unpaired) electrons. The van der Waals surface area contributed by atoms with Crippen LogP contribution in [0.25, 0.3) is 0 Å². The second-order valence-corrected chi connectivity index (χ2v) is 7.02. The Labute approximate surface area is 180 Å². The van der Waals surface area contributed by atoms with Crippen LogP contribution in [0.1, 0.15) is 32.6 Å². The van der Waals surface area contributed by atoms with E-state index in [0.717, 1.165) is 6.29 Å². The van der Waals surface area contributed by atoms with E-state index >= 15 is 0 Å². The van der Waals surface area contributed by atoms with Crippen LogP contribution in [0.4, 0.5) is 0 Å².